The molecule has 1 aliphatic heterocycles. The van der Waals surface area contributed by atoms with Gasteiger partial charge in [0.1, 0.15) is 0 Å². The molecule has 1 saturated carbocycles. The zero-order chi connectivity index (χ0) is 15.6. The van der Waals surface area contributed by atoms with Gasteiger partial charge in [-0.2, -0.15) is 0 Å². The average Bonchev–Trinajstić information content (AvgIpc) is 3.29. The number of amides is 1. The molecule has 0 spiro atoms. The third-order valence-electron chi connectivity index (χ3n) is 4.65. The molecule has 0 radical (unpaired) electrons. The molecular formula is C17H27Cl2N3O2. The Morgan fingerprint density at radius 1 is 1.25 bits per heavy atom. The van der Waals surface area contributed by atoms with Crippen LogP contribution in [0.15, 0.2) is 24.3 Å². The van der Waals surface area contributed by atoms with Crippen molar-refractivity contribution < 1.29 is 9.53 Å². The summed E-state index contributed by atoms with van der Waals surface area (Å²) in [7, 11) is 0. The van der Waals surface area contributed by atoms with E-state index in [-0.39, 0.29) is 36.8 Å². The Morgan fingerprint density at radius 2 is 1.83 bits per heavy atom. The van der Waals surface area contributed by atoms with Crippen molar-refractivity contribution >= 4 is 30.7 Å². The first kappa shape index (κ1) is 21.2. The van der Waals surface area contributed by atoms with Crippen molar-refractivity contribution in [1.29, 1.82) is 0 Å². The van der Waals surface area contributed by atoms with Crippen LogP contribution in [0.25, 0.3) is 0 Å². The van der Waals surface area contributed by atoms with Crippen molar-refractivity contribution in [3.05, 3.63) is 35.4 Å². The molecule has 3 rings (SSSR count). The fourth-order valence-electron chi connectivity index (χ4n) is 2.86. The number of ether oxygens (including phenoxy) is 1. The molecule has 7 heteroatoms. The molecule has 2 fully saturated rings. The molecule has 1 aromatic rings. The molecule has 0 aromatic heterocycles. The summed E-state index contributed by atoms with van der Waals surface area (Å²) >= 11 is 0. The van der Waals surface area contributed by atoms with Crippen LogP contribution in [-0.2, 0) is 9.53 Å². The number of hydrogen-bond donors (Lipinski definition) is 2. The number of rotatable bonds is 5. The van der Waals surface area contributed by atoms with Gasteiger partial charge in [-0.1, -0.05) is 29.8 Å². The van der Waals surface area contributed by atoms with E-state index in [0.717, 1.165) is 39.1 Å². The minimum absolute atomic E-state index is 0. The van der Waals surface area contributed by atoms with Crippen LogP contribution in [0.2, 0.25) is 0 Å². The highest BCUT2D eigenvalue weighted by molar-refractivity contribution is 5.89. The molecule has 1 unspecified atom stereocenters. The standard InChI is InChI=1S/C17H25N3O2.2ClH/c1-13-2-4-14(5-3-13)15(20-8-10-22-11-9-20)12-19-16(21)17(18)6-7-17;;/h2-5,15H,6-12,18H2,1H3,(H,19,21);2*1H. The highest BCUT2D eigenvalue weighted by Crippen LogP contribution is 2.32. The first-order valence-electron chi connectivity index (χ1n) is 8.04. The molecule has 1 aromatic carbocycles. The van der Waals surface area contributed by atoms with Crippen molar-refractivity contribution in [3.63, 3.8) is 0 Å². The minimum Gasteiger partial charge on any atom is -0.379 e. The smallest absolute Gasteiger partial charge is 0.240 e. The lowest BCUT2D eigenvalue weighted by Gasteiger charge is -2.35. The van der Waals surface area contributed by atoms with Gasteiger partial charge in [0.25, 0.3) is 0 Å². The van der Waals surface area contributed by atoms with E-state index in [4.69, 9.17) is 10.5 Å². The molecule has 5 nitrogen and oxygen atoms in total. The molecule has 2 aliphatic rings. The number of carbonyl (C=O) groups is 1. The van der Waals surface area contributed by atoms with Crippen LogP contribution in [0.5, 0.6) is 0 Å². The highest BCUT2D eigenvalue weighted by atomic mass is 35.5. The quantitative estimate of drug-likeness (QED) is 0.823. The second kappa shape index (κ2) is 9.02. The number of hydrogen-bond acceptors (Lipinski definition) is 4. The second-order valence-electron chi connectivity index (χ2n) is 6.44. The van der Waals surface area contributed by atoms with Gasteiger partial charge in [0.05, 0.1) is 24.8 Å². The van der Waals surface area contributed by atoms with Gasteiger partial charge in [0, 0.05) is 19.6 Å². The van der Waals surface area contributed by atoms with E-state index in [0.29, 0.717) is 6.54 Å². The fraction of sp³-hybridized carbons (Fsp3) is 0.588. The fourth-order valence-corrected chi connectivity index (χ4v) is 2.86. The third kappa shape index (κ3) is 5.07. The van der Waals surface area contributed by atoms with E-state index in [1.165, 1.54) is 11.1 Å². The molecule has 1 atom stereocenters. The Hall–Kier alpha value is -0.850. The Morgan fingerprint density at radius 3 is 2.38 bits per heavy atom. The van der Waals surface area contributed by atoms with Crippen LogP contribution < -0.4 is 11.1 Å². The summed E-state index contributed by atoms with van der Waals surface area (Å²) in [5.41, 5.74) is 7.83. The van der Waals surface area contributed by atoms with E-state index in [9.17, 15) is 4.79 Å². The van der Waals surface area contributed by atoms with Crippen molar-refractivity contribution in [2.45, 2.75) is 31.3 Å². The van der Waals surface area contributed by atoms with E-state index >= 15 is 0 Å². The van der Waals surface area contributed by atoms with Crippen LogP contribution in [0.1, 0.15) is 30.0 Å². The number of nitrogens with one attached hydrogen (secondary N) is 1. The predicted octanol–water partition coefficient (Wildman–Crippen LogP) is 1.82. The number of aryl methyl sites for hydroxylation is 1. The molecule has 1 amide bonds. The summed E-state index contributed by atoms with van der Waals surface area (Å²) in [4.78, 5) is 14.5. The van der Waals surface area contributed by atoms with E-state index < -0.39 is 5.54 Å². The lowest BCUT2D eigenvalue weighted by Crippen LogP contribution is -2.48. The number of benzene rings is 1. The van der Waals surface area contributed by atoms with Crippen LogP contribution in [0, 0.1) is 6.92 Å². The van der Waals surface area contributed by atoms with Gasteiger partial charge in [-0.25, -0.2) is 0 Å². The molecule has 1 aliphatic carbocycles. The average molecular weight is 376 g/mol. The topological polar surface area (TPSA) is 67.6 Å². The largest absolute Gasteiger partial charge is 0.379 e. The molecule has 3 N–H and O–H groups in total. The Bertz CT molecular complexity index is 529. The molecule has 1 heterocycles. The van der Waals surface area contributed by atoms with Gasteiger partial charge in [-0.05, 0) is 25.3 Å². The summed E-state index contributed by atoms with van der Waals surface area (Å²) in [5.74, 6) is -0.0159. The van der Waals surface area contributed by atoms with Gasteiger partial charge in [-0.15, -0.1) is 24.8 Å². The van der Waals surface area contributed by atoms with E-state index in [2.05, 4.69) is 41.4 Å². The summed E-state index contributed by atoms with van der Waals surface area (Å²) < 4.78 is 5.45. The van der Waals surface area contributed by atoms with E-state index in [1.807, 2.05) is 0 Å². The zero-order valence-electron chi connectivity index (χ0n) is 14.0. The van der Waals surface area contributed by atoms with Crippen molar-refractivity contribution in [1.82, 2.24) is 10.2 Å². The van der Waals surface area contributed by atoms with Crippen LogP contribution in [-0.4, -0.2) is 49.2 Å². The maximum atomic E-state index is 12.1. The lowest BCUT2D eigenvalue weighted by molar-refractivity contribution is -0.123. The first-order valence-corrected chi connectivity index (χ1v) is 8.04. The summed E-state index contributed by atoms with van der Waals surface area (Å²) in [6.07, 6.45) is 1.59. The number of nitrogens with zero attached hydrogens (tertiary/aromatic N) is 1. The predicted molar refractivity (Wildman–Crippen MR) is 100.0 cm³/mol. The van der Waals surface area contributed by atoms with Crippen molar-refractivity contribution in [3.8, 4) is 0 Å². The van der Waals surface area contributed by atoms with Gasteiger partial charge < -0.3 is 15.8 Å². The Kier molecular flexibility index (Phi) is 7.96. The maximum absolute atomic E-state index is 12.1. The zero-order valence-corrected chi connectivity index (χ0v) is 15.6. The SMILES string of the molecule is Cc1ccc(C(CNC(=O)C2(N)CC2)N2CCOCC2)cc1.Cl.Cl. The molecular weight excluding hydrogens is 349 g/mol. The van der Waals surface area contributed by atoms with Crippen LogP contribution in [0.3, 0.4) is 0 Å². The Balaban J connectivity index is 0.00000144. The number of nitrogens with two attached hydrogens (primary N) is 1. The number of carbonyl (C=O) groups excluding carboxylic acids is 1. The molecule has 0 bridgehead atoms. The summed E-state index contributed by atoms with van der Waals surface area (Å²) in [6, 6.07) is 8.72. The minimum atomic E-state index is -0.608. The van der Waals surface area contributed by atoms with Gasteiger partial charge in [0.15, 0.2) is 0 Å². The monoisotopic (exact) mass is 375 g/mol. The van der Waals surface area contributed by atoms with Crippen LogP contribution >= 0.6 is 24.8 Å². The number of morpholine rings is 1. The normalized spacial score (nSPS) is 20.2. The molecule has 1 saturated heterocycles. The van der Waals surface area contributed by atoms with Crippen molar-refractivity contribution in [2.75, 3.05) is 32.8 Å². The summed E-state index contributed by atoms with van der Waals surface area (Å²) in [6.45, 7) is 5.96. The van der Waals surface area contributed by atoms with E-state index in [1.54, 1.807) is 0 Å². The first-order chi connectivity index (χ1) is 10.6. The second-order valence-corrected chi connectivity index (χ2v) is 6.44. The Labute approximate surface area is 156 Å². The lowest BCUT2D eigenvalue weighted by atomic mass is 10.0. The molecule has 136 valence electrons. The number of halogens is 2. The third-order valence-corrected chi connectivity index (χ3v) is 4.65. The summed E-state index contributed by atoms with van der Waals surface area (Å²) in [5, 5.41) is 3.05. The van der Waals surface area contributed by atoms with Gasteiger partial charge in [0.2, 0.25) is 5.91 Å². The van der Waals surface area contributed by atoms with Crippen molar-refractivity contribution in [2.24, 2.45) is 5.73 Å². The van der Waals surface area contributed by atoms with Gasteiger partial charge >= 0.3 is 0 Å². The highest BCUT2D eigenvalue weighted by Gasteiger charge is 2.46. The van der Waals surface area contributed by atoms with Gasteiger partial charge in [-0.3, -0.25) is 9.69 Å². The molecule has 24 heavy (non-hydrogen) atoms. The maximum Gasteiger partial charge on any atom is 0.240 e. The van der Waals surface area contributed by atoms with Crippen LogP contribution in [0.4, 0.5) is 0 Å².